The summed E-state index contributed by atoms with van der Waals surface area (Å²) in [6.07, 6.45) is 2.71. The van der Waals surface area contributed by atoms with Gasteiger partial charge in [-0.25, -0.2) is 13.4 Å². The zero-order valence-corrected chi connectivity index (χ0v) is 16.7. The third-order valence-electron chi connectivity index (χ3n) is 3.75. The molecule has 2 aromatic carbocycles. The maximum Gasteiger partial charge on any atom is 0.266 e. The summed E-state index contributed by atoms with van der Waals surface area (Å²) < 4.78 is 27.0. The minimum absolute atomic E-state index is 0.0219. The van der Waals surface area contributed by atoms with Gasteiger partial charge >= 0.3 is 0 Å². The highest BCUT2D eigenvalue weighted by atomic mass is 32.2. The molecule has 30 heavy (non-hydrogen) atoms. The van der Waals surface area contributed by atoms with Gasteiger partial charge in [0.15, 0.2) is 16.6 Å². The summed E-state index contributed by atoms with van der Waals surface area (Å²) in [5.41, 5.74) is 0.372. The van der Waals surface area contributed by atoms with Crippen molar-refractivity contribution in [2.45, 2.75) is 4.90 Å². The predicted octanol–water partition coefficient (Wildman–Crippen LogP) is 2.90. The quantitative estimate of drug-likeness (QED) is 0.260. The second-order valence-electron chi connectivity index (χ2n) is 5.84. The number of nitrogens with one attached hydrogen (secondary N) is 2. The lowest BCUT2D eigenvalue weighted by Gasteiger charge is -2.08. The minimum Gasteiger partial charge on any atom is -0.504 e. The summed E-state index contributed by atoms with van der Waals surface area (Å²) in [4.78, 5) is 16.2. The highest BCUT2D eigenvalue weighted by Crippen LogP contribution is 2.26. The fourth-order valence-corrected chi connectivity index (χ4v) is 4.10. The zero-order valence-electron chi connectivity index (χ0n) is 15.1. The van der Waals surface area contributed by atoms with Crippen molar-refractivity contribution >= 4 is 44.2 Å². The molecule has 1 aromatic heterocycles. The molecule has 0 unspecified atom stereocenters. The van der Waals surface area contributed by atoms with Crippen LogP contribution in [0.5, 0.6) is 11.5 Å². The molecule has 0 saturated carbocycles. The molecular weight excluding hydrogens is 428 g/mol. The molecule has 0 aliphatic carbocycles. The molecule has 11 heteroatoms. The van der Waals surface area contributed by atoms with Gasteiger partial charge in [0.2, 0.25) is 0 Å². The number of thiazole rings is 1. The molecule has 1 heterocycles. The Hall–Kier alpha value is -3.88. The van der Waals surface area contributed by atoms with E-state index in [-0.39, 0.29) is 32.8 Å². The molecule has 0 saturated heterocycles. The Labute approximate surface area is 175 Å². The highest BCUT2D eigenvalue weighted by Gasteiger charge is 2.16. The van der Waals surface area contributed by atoms with Crippen molar-refractivity contribution in [3.63, 3.8) is 0 Å². The molecule has 152 valence electrons. The summed E-state index contributed by atoms with van der Waals surface area (Å²) in [5, 5.41) is 32.5. The first-order valence-corrected chi connectivity index (χ1v) is 10.6. The number of aromatic nitrogens is 1. The number of aromatic hydroxyl groups is 2. The summed E-state index contributed by atoms with van der Waals surface area (Å²) in [7, 11) is -3.82. The maximum absolute atomic E-state index is 12.3. The molecule has 1 amide bonds. The second-order valence-corrected chi connectivity index (χ2v) is 8.42. The second kappa shape index (κ2) is 8.64. The van der Waals surface area contributed by atoms with Crippen LogP contribution in [0.25, 0.3) is 6.08 Å². The van der Waals surface area contributed by atoms with E-state index in [1.54, 1.807) is 11.4 Å². The number of phenolic OH excluding ortho intramolecular Hbond substituents is 2. The molecule has 0 aliphatic rings. The first-order valence-electron chi connectivity index (χ1n) is 8.26. The lowest BCUT2D eigenvalue weighted by molar-refractivity contribution is -0.112. The highest BCUT2D eigenvalue weighted by molar-refractivity contribution is 7.93. The van der Waals surface area contributed by atoms with E-state index in [2.05, 4.69) is 15.0 Å². The van der Waals surface area contributed by atoms with Gasteiger partial charge in [-0.15, -0.1) is 11.3 Å². The Balaban J connectivity index is 1.73. The van der Waals surface area contributed by atoms with Crippen LogP contribution in [0.1, 0.15) is 5.56 Å². The molecule has 0 spiro atoms. The van der Waals surface area contributed by atoms with Gasteiger partial charge in [0.1, 0.15) is 11.6 Å². The van der Waals surface area contributed by atoms with E-state index in [4.69, 9.17) is 0 Å². The van der Waals surface area contributed by atoms with Gasteiger partial charge in [0, 0.05) is 17.3 Å². The van der Waals surface area contributed by atoms with E-state index >= 15 is 0 Å². The Kier molecular flexibility index (Phi) is 6.01. The van der Waals surface area contributed by atoms with Gasteiger partial charge in [-0.2, -0.15) is 5.26 Å². The summed E-state index contributed by atoms with van der Waals surface area (Å²) >= 11 is 1.14. The van der Waals surface area contributed by atoms with Crippen molar-refractivity contribution in [3.05, 3.63) is 65.2 Å². The molecule has 0 bridgehead atoms. The number of anilines is 2. The number of benzene rings is 2. The topological polar surface area (TPSA) is 152 Å². The number of hydrogen-bond acceptors (Lipinski definition) is 8. The van der Waals surface area contributed by atoms with Crippen LogP contribution in [0.3, 0.4) is 0 Å². The average Bonchev–Trinajstić information content (AvgIpc) is 3.21. The third-order valence-corrected chi connectivity index (χ3v) is 5.92. The molecule has 0 fully saturated rings. The van der Waals surface area contributed by atoms with Gasteiger partial charge < -0.3 is 15.5 Å². The molecule has 3 rings (SSSR count). The van der Waals surface area contributed by atoms with Crippen LogP contribution in [0, 0.1) is 11.3 Å². The zero-order chi connectivity index (χ0) is 21.7. The first kappa shape index (κ1) is 20.8. The van der Waals surface area contributed by atoms with Crippen LogP contribution in [0.4, 0.5) is 10.8 Å². The van der Waals surface area contributed by atoms with Gasteiger partial charge in [0.05, 0.1) is 4.90 Å². The number of carbonyl (C=O) groups excluding carboxylic acids is 1. The lowest BCUT2D eigenvalue weighted by atomic mass is 10.1. The molecule has 0 radical (unpaired) electrons. The van der Waals surface area contributed by atoms with Crippen LogP contribution in [0.2, 0.25) is 0 Å². The van der Waals surface area contributed by atoms with Crippen molar-refractivity contribution < 1.29 is 23.4 Å². The largest absolute Gasteiger partial charge is 0.504 e. The van der Waals surface area contributed by atoms with Crippen molar-refractivity contribution in [3.8, 4) is 17.6 Å². The maximum atomic E-state index is 12.3. The Bertz CT molecular complexity index is 1250. The van der Waals surface area contributed by atoms with E-state index in [9.17, 15) is 28.7 Å². The molecule has 4 N–H and O–H groups in total. The van der Waals surface area contributed by atoms with Crippen LogP contribution in [0.15, 0.2) is 64.5 Å². The molecule has 3 aromatic rings. The van der Waals surface area contributed by atoms with Crippen LogP contribution in [-0.2, 0) is 14.8 Å². The monoisotopic (exact) mass is 442 g/mol. The van der Waals surface area contributed by atoms with Crippen LogP contribution < -0.4 is 10.0 Å². The SMILES string of the molecule is N#C/C(=C\c1ccc(O)c(O)c1)C(=O)Nc1ccc(S(=O)(=O)Nc2nccs2)cc1. The van der Waals surface area contributed by atoms with Crippen LogP contribution in [-0.4, -0.2) is 29.5 Å². The summed E-state index contributed by atoms with van der Waals surface area (Å²) in [6, 6.07) is 11.0. The Morgan fingerprint density at radius 3 is 2.47 bits per heavy atom. The molecule has 9 nitrogen and oxygen atoms in total. The van der Waals surface area contributed by atoms with Gasteiger partial charge in [0.25, 0.3) is 15.9 Å². The molecule has 0 aliphatic heterocycles. The standard InChI is InChI=1S/C19H14N4O5S2/c20-11-13(9-12-1-6-16(24)17(25)10-12)18(26)22-14-2-4-15(5-3-14)30(27,28)23-19-21-7-8-29-19/h1-10,24-25H,(H,21,23)(H,22,26)/b13-9+. The van der Waals surface area contributed by atoms with E-state index in [1.165, 1.54) is 54.7 Å². The Morgan fingerprint density at radius 2 is 1.87 bits per heavy atom. The van der Waals surface area contributed by atoms with E-state index in [1.807, 2.05) is 0 Å². The van der Waals surface area contributed by atoms with Gasteiger partial charge in [-0.3, -0.25) is 9.52 Å². The molecular formula is C19H14N4O5S2. The van der Waals surface area contributed by atoms with E-state index < -0.39 is 15.9 Å². The van der Waals surface area contributed by atoms with Crippen molar-refractivity contribution in [1.29, 1.82) is 5.26 Å². The lowest BCUT2D eigenvalue weighted by Crippen LogP contribution is -2.15. The van der Waals surface area contributed by atoms with Crippen LogP contribution >= 0.6 is 11.3 Å². The van der Waals surface area contributed by atoms with Crippen molar-refractivity contribution in [2.24, 2.45) is 0 Å². The van der Waals surface area contributed by atoms with Gasteiger partial charge in [-0.1, -0.05) is 6.07 Å². The fourth-order valence-electron chi connectivity index (χ4n) is 2.31. The van der Waals surface area contributed by atoms with Crippen molar-refractivity contribution in [1.82, 2.24) is 4.98 Å². The average molecular weight is 442 g/mol. The van der Waals surface area contributed by atoms with Gasteiger partial charge in [-0.05, 0) is 48.0 Å². The summed E-state index contributed by atoms with van der Waals surface area (Å²) in [6.45, 7) is 0. The number of phenols is 2. The van der Waals surface area contributed by atoms with E-state index in [0.29, 0.717) is 5.56 Å². The third kappa shape index (κ3) is 4.93. The van der Waals surface area contributed by atoms with Crippen molar-refractivity contribution in [2.75, 3.05) is 10.0 Å². The number of rotatable bonds is 6. The normalized spacial score (nSPS) is 11.5. The number of nitriles is 1. The Morgan fingerprint density at radius 1 is 1.13 bits per heavy atom. The minimum atomic E-state index is -3.82. The smallest absolute Gasteiger partial charge is 0.266 e. The number of sulfonamides is 1. The van der Waals surface area contributed by atoms with E-state index in [0.717, 1.165) is 11.3 Å². The fraction of sp³-hybridized carbons (Fsp3) is 0. The number of amides is 1. The molecule has 0 atom stereocenters. The number of hydrogen-bond donors (Lipinski definition) is 4. The predicted molar refractivity (Wildman–Crippen MR) is 111 cm³/mol. The summed E-state index contributed by atoms with van der Waals surface area (Å²) in [5.74, 6) is -1.43. The number of nitrogens with zero attached hydrogens (tertiary/aromatic N) is 2. The number of carbonyl (C=O) groups is 1. The first-order chi connectivity index (χ1) is 14.3.